The number of phenols is 1. The molecule has 0 amide bonds. The fraction of sp³-hybridized carbons (Fsp3) is 0.793. The molecular weight excluding hydrogens is 364 g/mol. The summed E-state index contributed by atoms with van der Waals surface area (Å²) in [7, 11) is 0. The minimum atomic E-state index is 0.525. The number of unbranched alkanes of at least 4 members (excludes halogenated alkanes) is 12. The zero-order valence-corrected chi connectivity index (χ0v) is 20.6. The maximum atomic E-state index is 10.6. The molecule has 2 unspecified atom stereocenters. The fourth-order valence-corrected chi connectivity index (χ4v) is 4.98. The molecule has 1 rings (SSSR count). The molecule has 1 aromatic carbocycles. The Labute approximate surface area is 189 Å². The average Bonchev–Trinajstić information content (AvgIpc) is 2.75. The summed E-state index contributed by atoms with van der Waals surface area (Å²) in [5.41, 5.74) is 1.22. The van der Waals surface area contributed by atoms with Crippen molar-refractivity contribution in [2.45, 2.75) is 142 Å². The smallest absolute Gasteiger partial charge is 0.119 e. The average molecular weight is 417 g/mol. The first-order valence-corrected chi connectivity index (χ1v) is 13.5. The van der Waals surface area contributed by atoms with Crippen LogP contribution in [0.15, 0.2) is 24.3 Å². The zero-order chi connectivity index (χ0) is 21.9. The van der Waals surface area contributed by atoms with E-state index in [1.54, 1.807) is 0 Å². The Hall–Kier alpha value is -0.980. The van der Waals surface area contributed by atoms with Gasteiger partial charge in [-0.2, -0.15) is 0 Å². The summed E-state index contributed by atoms with van der Waals surface area (Å²) >= 11 is 0. The monoisotopic (exact) mass is 416 g/mol. The molecule has 2 atom stereocenters. The van der Waals surface area contributed by atoms with E-state index < -0.39 is 0 Å². The van der Waals surface area contributed by atoms with Crippen LogP contribution in [0.25, 0.3) is 0 Å². The van der Waals surface area contributed by atoms with E-state index in [9.17, 15) is 5.11 Å². The van der Waals surface area contributed by atoms with E-state index in [0.29, 0.717) is 11.7 Å². The molecule has 30 heavy (non-hydrogen) atoms. The Morgan fingerprint density at radius 3 is 1.57 bits per heavy atom. The van der Waals surface area contributed by atoms with Gasteiger partial charge in [0.1, 0.15) is 5.75 Å². The van der Waals surface area contributed by atoms with Crippen LogP contribution in [-0.4, -0.2) is 5.11 Å². The molecule has 1 nitrogen and oxygen atoms in total. The number of aromatic hydroxyl groups is 1. The van der Waals surface area contributed by atoms with E-state index in [1.165, 1.54) is 121 Å². The Bertz CT molecular complexity index is 495. The SMILES string of the molecule is CCCCCCCCCC(c1ccccc1O)C(CCCCC)CCCCCCC. The van der Waals surface area contributed by atoms with Crippen molar-refractivity contribution in [3.05, 3.63) is 29.8 Å². The number of benzene rings is 1. The lowest BCUT2D eigenvalue weighted by molar-refractivity contribution is 0.315. The highest BCUT2D eigenvalue weighted by molar-refractivity contribution is 5.35. The molecule has 0 fully saturated rings. The molecule has 0 saturated heterocycles. The van der Waals surface area contributed by atoms with Gasteiger partial charge in [0.05, 0.1) is 0 Å². The number of hydrogen-bond donors (Lipinski definition) is 1. The molecule has 0 aliphatic rings. The maximum Gasteiger partial charge on any atom is 0.119 e. The highest BCUT2D eigenvalue weighted by Crippen LogP contribution is 2.40. The molecule has 1 heteroatoms. The van der Waals surface area contributed by atoms with Gasteiger partial charge in [0.2, 0.25) is 0 Å². The Morgan fingerprint density at radius 1 is 0.567 bits per heavy atom. The molecule has 0 aliphatic carbocycles. The normalized spacial score (nSPS) is 13.4. The molecule has 0 aromatic heterocycles. The second-order valence-corrected chi connectivity index (χ2v) is 9.53. The van der Waals surface area contributed by atoms with Crippen molar-refractivity contribution in [1.29, 1.82) is 0 Å². The predicted octanol–water partition coefficient (Wildman–Crippen LogP) is 10.2. The molecule has 1 aromatic rings. The van der Waals surface area contributed by atoms with Crippen LogP contribution in [0, 0.1) is 5.92 Å². The minimum absolute atomic E-state index is 0.525. The van der Waals surface area contributed by atoms with Gasteiger partial charge in [-0.25, -0.2) is 0 Å². The lowest BCUT2D eigenvalue weighted by Gasteiger charge is -2.29. The van der Waals surface area contributed by atoms with Gasteiger partial charge < -0.3 is 5.11 Å². The van der Waals surface area contributed by atoms with Crippen LogP contribution in [0.2, 0.25) is 0 Å². The summed E-state index contributed by atoms with van der Waals surface area (Å²) in [6.45, 7) is 6.89. The Kier molecular flexibility index (Phi) is 16.9. The van der Waals surface area contributed by atoms with Crippen LogP contribution in [0.3, 0.4) is 0 Å². The lowest BCUT2D eigenvalue weighted by atomic mass is 9.76. The van der Waals surface area contributed by atoms with Crippen LogP contribution in [0.1, 0.15) is 148 Å². The van der Waals surface area contributed by atoms with E-state index in [0.717, 1.165) is 5.92 Å². The second kappa shape index (κ2) is 18.8. The van der Waals surface area contributed by atoms with E-state index in [1.807, 2.05) is 12.1 Å². The van der Waals surface area contributed by atoms with Crippen molar-refractivity contribution >= 4 is 0 Å². The van der Waals surface area contributed by atoms with Crippen molar-refractivity contribution in [3.63, 3.8) is 0 Å². The summed E-state index contributed by atoms with van der Waals surface area (Å²) in [6, 6.07) is 8.19. The highest BCUT2D eigenvalue weighted by atomic mass is 16.3. The first-order valence-electron chi connectivity index (χ1n) is 13.5. The first kappa shape index (κ1) is 27.1. The molecule has 0 heterocycles. The molecule has 1 N–H and O–H groups in total. The molecule has 0 saturated carbocycles. The van der Waals surface area contributed by atoms with E-state index in [-0.39, 0.29) is 0 Å². The first-order chi connectivity index (χ1) is 14.7. The van der Waals surface area contributed by atoms with E-state index in [4.69, 9.17) is 0 Å². The molecular formula is C29H52O. The van der Waals surface area contributed by atoms with E-state index >= 15 is 0 Å². The zero-order valence-electron chi connectivity index (χ0n) is 20.6. The number of rotatable bonds is 20. The van der Waals surface area contributed by atoms with E-state index in [2.05, 4.69) is 32.9 Å². The minimum Gasteiger partial charge on any atom is -0.508 e. The second-order valence-electron chi connectivity index (χ2n) is 9.53. The van der Waals surface area contributed by atoms with Crippen LogP contribution < -0.4 is 0 Å². The third kappa shape index (κ3) is 12.0. The fourth-order valence-electron chi connectivity index (χ4n) is 4.98. The Morgan fingerprint density at radius 2 is 1.00 bits per heavy atom. The van der Waals surface area contributed by atoms with Crippen molar-refractivity contribution in [2.24, 2.45) is 5.92 Å². The van der Waals surface area contributed by atoms with Gasteiger partial charge in [0, 0.05) is 0 Å². The maximum absolute atomic E-state index is 10.6. The van der Waals surface area contributed by atoms with Crippen LogP contribution >= 0.6 is 0 Å². The molecule has 0 aliphatic heterocycles. The summed E-state index contributed by atoms with van der Waals surface area (Å²) in [6.07, 6.45) is 24.3. The molecule has 0 bridgehead atoms. The summed E-state index contributed by atoms with van der Waals surface area (Å²) in [5.74, 6) is 1.79. The standard InChI is InChI=1S/C29H52O/c1-4-7-10-12-13-15-18-23-27(28-24-19-20-25-29(28)30)26(21-16-9-6-3)22-17-14-11-8-5-2/h19-20,24-27,30H,4-18,21-23H2,1-3H3. The number of hydrogen-bond acceptors (Lipinski definition) is 1. The quantitative estimate of drug-likeness (QED) is 0.210. The van der Waals surface area contributed by atoms with Crippen molar-refractivity contribution in [3.8, 4) is 5.75 Å². The van der Waals surface area contributed by atoms with Gasteiger partial charge in [-0.1, -0.05) is 135 Å². The van der Waals surface area contributed by atoms with Gasteiger partial charge in [-0.3, -0.25) is 0 Å². The third-order valence-corrected chi connectivity index (χ3v) is 6.88. The van der Waals surface area contributed by atoms with Gasteiger partial charge in [0.15, 0.2) is 0 Å². The summed E-state index contributed by atoms with van der Waals surface area (Å²) < 4.78 is 0. The van der Waals surface area contributed by atoms with Crippen LogP contribution in [-0.2, 0) is 0 Å². The van der Waals surface area contributed by atoms with Crippen LogP contribution in [0.5, 0.6) is 5.75 Å². The predicted molar refractivity (Wildman–Crippen MR) is 134 cm³/mol. The van der Waals surface area contributed by atoms with Crippen LogP contribution in [0.4, 0.5) is 0 Å². The number of phenolic OH excluding ortho intramolecular Hbond substituents is 1. The Balaban J connectivity index is 2.72. The highest BCUT2D eigenvalue weighted by Gasteiger charge is 2.24. The molecule has 174 valence electrons. The molecule has 0 radical (unpaired) electrons. The largest absolute Gasteiger partial charge is 0.508 e. The van der Waals surface area contributed by atoms with Crippen molar-refractivity contribution < 1.29 is 5.11 Å². The topological polar surface area (TPSA) is 20.2 Å². The third-order valence-electron chi connectivity index (χ3n) is 6.88. The van der Waals surface area contributed by atoms with Gasteiger partial charge in [-0.15, -0.1) is 0 Å². The molecule has 0 spiro atoms. The van der Waals surface area contributed by atoms with Gasteiger partial charge in [-0.05, 0) is 42.7 Å². The van der Waals surface area contributed by atoms with Crippen molar-refractivity contribution in [1.82, 2.24) is 0 Å². The van der Waals surface area contributed by atoms with Gasteiger partial charge >= 0.3 is 0 Å². The lowest BCUT2D eigenvalue weighted by Crippen LogP contribution is -2.14. The van der Waals surface area contributed by atoms with Crippen molar-refractivity contribution in [2.75, 3.05) is 0 Å². The summed E-state index contributed by atoms with van der Waals surface area (Å²) in [5, 5.41) is 10.6. The summed E-state index contributed by atoms with van der Waals surface area (Å²) in [4.78, 5) is 0. The van der Waals surface area contributed by atoms with Gasteiger partial charge in [0.25, 0.3) is 0 Å². The number of para-hydroxylation sites is 1.